The lowest BCUT2D eigenvalue weighted by atomic mass is 10.0. The Morgan fingerprint density at radius 2 is 1.94 bits per heavy atom. The van der Waals surface area contributed by atoms with Crippen LogP contribution in [-0.2, 0) is 10.0 Å². The summed E-state index contributed by atoms with van der Waals surface area (Å²) in [5.74, 6) is 0.0479. The fraction of sp³-hybridized carbons (Fsp3) is 0.583. The summed E-state index contributed by atoms with van der Waals surface area (Å²) in [7, 11) is -3.35. The van der Waals surface area contributed by atoms with Gasteiger partial charge in [-0.25, -0.2) is 12.8 Å². The van der Waals surface area contributed by atoms with Gasteiger partial charge >= 0.3 is 5.56 Å². The van der Waals surface area contributed by atoms with Gasteiger partial charge in [0.2, 0.25) is 15.8 Å². The minimum atomic E-state index is -3.35. The van der Waals surface area contributed by atoms with Crippen molar-refractivity contribution in [2.45, 2.75) is 58.1 Å². The van der Waals surface area contributed by atoms with Crippen LogP contribution in [0.5, 0.6) is 5.75 Å². The molecule has 1 aromatic heterocycles. The Labute approximate surface area is 200 Å². The average Bonchev–Trinajstić information content (AvgIpc) is 3.27. The summed E-state index contributed by atoms with van der Waals surface area (Å²) in [5.41, 5.74) is 0.444. The van der Waals surface area contributed by atoms with E-state index in [2.05, 4.69) is 18.9 Å². The summed E-state index contributed by atoms with van der Waals surface area (Å²) in [6.07, 6.45) is 7.32. The largest absolute Gasteiger partial charge is 0.483 e. The minimum Gasteiger partial charge on any atom is -0.483 e. The number of rotatable bonds is 7. The van der Waals surface area contributed by atoms with Crippen molar-refractivity contribution in [3.05, 3.63) is 46.6 Å². The molecule has 10 heteroatoms. The molecule has 1 saturated carbocycles. The summed E-state index contributed by atoms with van der Waals surface area (Å²) in [4.78, 5) is 15.5. The van der Waals surface area contributed by atoms with E-state index in [4.69, 9.17) is 4.74 Å². The van der Waals surface area contributed by atoms with E-state index in [1.54, 1.807) is 16.6 Å². The molecule has 0 bridgehead atoms. The quantitative estimate of drug-likeness (QED) is 0.590. The number of halogens is 1. The number of benzene rings is 1. The van der Waals surface area contributed by atoms with E-state index in [0.29, 0.717) is 43.3 Å². The van der Waals surface area contributed by atoms with E-state index >= 15 is 0 Å². The molecule has 186 valence electrons. The Bertz CT molecular complexity index is 1180. The van der Waals surface area contributed by atoms with Crippen molar-refractivity contribution in [1.29, 1.82) is 0 Å². The van der Waals surface area contributed by atoms with Crippen LogP contribution in [0.1, 0.15) is 46.0 Å². The summed E-state index contributed by atoms with van der Waals surface area (Å²) < 4.78 is 47.6. The van der Waals surface area contributed by atoms with Crippen LogP contribution >= 0.6 is 0 Å². The van der Waals surface area contributed by atoms with Crippen molar-refractivity contribution in [2.24, 2.45) is 5.92 Å². The number of anilines is 1. The fourth-order valence-corrected chi connectivity index (χ4v) is 6.07. The van der Waals surface area contributed by atoms with Gasteiger partial charge in [-0.05, 0) is 56.2 Å². The molecule has 0 radical (unpaired) electrons. The van der Waals surface area contributed by atoms with Gasteiger partial charge in [-0.15, -0.1) is 0 Å². The van der Waals surface area contributed by atoms with Crippen molar-refractivity contribution in [2.75, 3.05) is 30.8 Å². The van der Waals surface area contributed by atoms with E-state index < -0.39 is 21.4 Å². The first kappa shape index (κ1) is 24.7. The van der Waals surface area contributed by atoms with Crippen LogP contribution in [0, 0.1) is 11.7 Å². The Morgan fingerprint density at radius 3 is 2.59 bits per heavy atom. The number of hydrogen-bond donors (Lipinski definition) is 0. The van der Waals surface area contributed by atoms with Gasteiger partial charge in [0.1, 0.15) is 11.5 Å². The molecule has 1 aromatic carbocycles. The van der Waals surface area contributed by atoms with Gasteiger partial charge in [0.05, 0.1) is 24.2 Å². The van der Waals surface area contributed by atoms with Crippen molar-refractivity contribution >= 4 is 15.7 Å². The lowest BCUT2D eigenvalue weighted by Gasteiger charge is -2.42. The molecule has 2 heterocycles. The molecule has 8 nitrogen and oxygen atoms in total. The maximum atomic E-state index is 13.8. The minimum absolute atomic E-state index is 0.0569. The Hall–Kier alpha value is -2.46. The van der Waals surface area contributed by atoms with Crippen LogP contribution in [0.2, 0.25) is 0 Å². The van der Waals surface area contributed by atoms with Gasteiger partial charge in [-0.1, -0.05) is 19.9 Å². The fourth-order valence-electron chi connectivity index (χ4n) is 4.96. The molecule has 1 atom stereocenters. The van der Waals surface area contributed by atoms with Gasteiger partial charge in [-0.3, -0.25) is 4.79 Å². The number of nitrogens with zero attached hydrogens (tertiary/aromatic N) is 4. The molecule has 2 aromatic rings. The van der Waals surface area contributed by atoms with E-state index in [1.807, 2.05) is 4.90 Å². The second-order valence-corrected chi connectivity index (χ2v) is 11.6. The first-order valence-corrected chi connectivity index (χ1v) is 13.7. The molecule has 0 N–H and O–H groups in total. The molecule has 2 fully saturated rings. The van der Waals surface area contributed by atoms with E-state index in [-0.39, 0.29) is 17.9 Å². The lowest BCUT2D eigenvalue weighted by molar-refractivity contribution is 0.204. The molecule has 1 aliphatic heterocycles. The summed E-state index contributed by atoms with van der Waals surface area (Å²) >= 11 is 0. The van der Waals surface area contributed by atoms with Crippen molar-refractivity contribution in [3.63, 3.8) is 0 Å². The Morgan fingerprint density at radius 1 is 1.21 bits per heavy atom. The number of ether oxygens (including phenoxy) is 1. The normalized spacial score (nSPS) is 20.3. The highest BCUT2D eigenvalue weighted by molar-refractivity contribution is 7.88. The molecule has 34 heavy (non-hydrogen) atoms. The first-order valence-electron chi connectivity index (χ1n) is 11.9. The van der Waals surface area contributed by atoms with E-state index in [9.17, 15) is 17.6 Å². The zero-order valence-electron chi connectivity index (χ0n) is 20.0. The molecular weight excluding hydrogens is 459 g/mol. The van der Waals surface area contributed by atoms with E-state index in [0.717, 1.165) is 30.4 Å². The van der Waals surface area contributed by atoms with Crippen molar-refractivity contribution in [1.82, 2.24) is 14.1 Å². The van der Waals surface area contributed by atoms with Crippen molar-refractivity contribution < 1.29 is 17.5 Å². The van der Waals surface area contributed by atoms with E-state index in [1.165, 1.54) is 24.5 Å². The summed E-state index contributed by atoms with van der Waals surface area (Å²) in [6, 6.07) is 5.52. The molecule has 1 saturated heterocycles. The molecule has 0 unspecified atom stereocenters. The maximum Gasteiger partial charge on any atom is 0.316 e. The van der Waals surface area contributed by atoms with Crippen molar-refractivity contribution in [3.8, 4) is 11.4 Å². The average molecular weight is 493 g/mol. The zero-order chi connectivity index (χ0) is 24.5. The van der Waals surface area contributed by atoms with Crippen LogP contribution in [-0.4, -0.2) is 60.5 Å². The summed E-state index contributed by atoms with van der Waals surface area (Å²) in [6.45, 7) is 5.32. The van der Waals surface area contributed by atoms with Gasteiger partial charge in [0.15, 0.2) is 0 Å². The van der Waals surface area contributed by atoms with Crippen LogP contribution in [0.15, 0.2) is 35.3 Å². The van der Waals surface area contributed by atoms with Crippen LogP contribution in [0.25, 0.3) is 5.69 Å². The van der Waals surface area contributed by atoms with Gasteiger partial charge in [-0.2, -0.15) is 14.1 Å². The van der Waals surface area contributed by atoms with Crippen LogP contribution in [0.3, 0.4) is 0 Å². The van der Waals surface area contributed by atoms with Crippen LogP contribution in [0.4, 0.5) is 10.1 Å². The number of piperazine rings is 1. The maximum absolute atomic E-state index is 13.8. The second-order valence-electron chi connectivity index (χ2n) is 9.68. The first-order chi connectivity index (χ1) is 16.1. The third-order valence-corrected chi connectivity index (χ3v) is 7.83. The number of aromatic nitrogens is 2. The highest BCUT2D eigenvalue weighted by Crippen LogP contribution is 2.32. The zero-order valence-corrected chi connectivity index (χ0v) is 20.8. The predicted molar refractivity (Wildman–Crippen MR) is 130 cm³/mol. The lowest BCUT2D eigenvalue weighted by Crippen LogP contribution is -2.55. The number of hydrogen-bond acceptors (Lipinski definition) is 6. The third-order valence-electron chi connectivity index (χ3n) is 6.49. The number of sulfonamides is 1. The molecule has 0 spiro atoms. The highest BCUT2D eigenvalue weighted by Gasteiger charge is 2.35. The molecule has 4 rings (SSSR count). The van der Waals surface area contributed by atoms with Crippen LogP contribution < -0.4 is 15.2 Å². The van der Waals surface area contributed by atoms with Gasteiger partial charge in [0.25, 0.3) is 0 Å². The molecule has 1 aliphatic carbocycles. The third kappa shape index (κ3) is 5.43. The second kappa shape index (κ2) is 10.0. The van der Waals surface area contributed by atoms with Gasteiger partial charge < -0.3 is 9.64 Å². The van der Waals surface area contributed by atoms with Gasteiger partial charge in [0, 0.05) is 25.7 Å². The standard InChI is InChI=1S/C24H33FN4O4S/c1-17(2)13-20-16-27(11-12-28(20)34(3,31)32)22-15-26-29(19-8-6-7-18(25)14-19)24(30)23(22)33-21-9-4-5-10-21/h6-8,14-15,17,20-21H,4-5,9-13,16H2,1-3H3/t20-/m0/s1. The smallest absolute Gasteiger partial charge is 0.316 e. The SMILES string of the molecule is CC(C)C[C@H]1CN(c2cnn(-c3cccc(F)c3)c(=O)c2OC2CCCC2)CCN1S(C)(=O)=O. The topological polar surface area (TPSA) is 84.7 Å². The molecule has 0 amide bonds. The highest BCUT2D eigenvalue weighted by atomic mass is 32.2. The Kier molecular flexibility index (Phi) is 7.28. The predicted octanol–water partition coefficient (Wildman–Crippen LogP) is 3.19. The molecular formula is C24H33FN4O4S. The summed E-state index contributed by atoms with van der Waals surface area (Å²) in [5, 5.41) is 4.34. The monoisotopic (exact) mass is 492 g/mol. The molecule has 2 aliphatic rings. The Balaban J connectivity index is 1.73.